The smallest absolute Gasteiger partial charge is 0.314 e. The van der Waals surface area contributed by atoms with Crippen LogP contribution in [0.25, 0.3) is 0 Å². The summed E-state index contributed by atoms with van der Waals surface area (Å²) in [4.78, 5) is 37.2. The number of urea groups is 1. The Morgan fingerprint density at radius 3 is 2.57 bits per heavy atom. The first kappa shape index (κ1) is 17.5. The summed E-state index contributed by atoms with van der Waals surface area (Å²) in [6, 6.07) is 4.82. The van der Waals surface area contributed by atoms with E-state index in [2.05, 4.69) is 26.6 Å². The van der Waals surface area contributed by atoms with E-state index in [1.54, 1.807) is 18.2 Å². The number of rotatable bonds is 6. The predicted molar refractivity (Wildman–Crippen MR) is 90.4 cm³/mol. The zero-order chi connectivity index (χ0) is 17.0. The van der Waals surface area contributed by atoms with E-state index in [9.17, 15) is 14.4 Å². The topological polar surface area (TPSA) is 78.5 Å². The SMILES string of the molecule is CC(C)CNC(=O)NCCCN1C(=O)c2ccc(Br)cc2C1=O. The molecule has 1 aromatic carbocycles. The highest BCUT2D eigenvalue weighted by Crippen LogP contribution is 2.25. The molecule has 0 unspecified atom stereocenters. The summed E-state index contributed by atoms with van der Waals surface area (Å²) in [5, 5.41) is 5.46. The molecule has 0 spiro atoms. The van der Waals surface area contributed by atoms with Crippen molar-refractivity contribution in [3.8, 4) is 0 Å². The van der Waals surface area contributed by atoms with Gasteiger partial charge in [-0.1, -0.05) is 29.8 Å². The molecule has 124 valence electrons. The molecular weight excluding hydrogens is 362 g/mol. The van der Waals surface area contributed by atoms with E-state index in [1.807, 2.05) is 13.8 Å². The average molecular weight is 382 g/mol. The zero-order valence-electron chi connectivity index (χ0n) is 13.2. The fourth-order valence-electron chi connectivity index (χ4n) is 2.26. The summed E-state index contributed by atoms with van der Waals surface area (Å²) < 4.78 is 0.766. The third-order valence-electron chi connectivity index (χ3n) is 3.45. The molecule has 0 aromatic heterocycles. The van der Waals surface area contributed by atoms with Gasteiger partial charge in [0.15, 0.2) is 0 Å². The second kappa shape index (κ2) is 7.59. The summed E-state index contributed by atoms with van der Waals surface area (Å²) in [6.45, 7) is 5.33. The van der Waals surface area contributed by atoms with E-state index in [0.717, 1.165) is 4.47 Å². The van der Waals surface area contributed by atoms with Crippen molar-refractivity contribution in [1.82, 2.24) is 15.5 Å². The molecule has 0 aliphatic carbocycles. The predicted octanol–water partition coefficient (Wildman–Crippen LogP) is 2.39. The second-order valence-electron chi connectivity index (χ2n) is 5.84. The fourth-order valence-corrected chi connectivity index (χ4v) is 2.63. The average Bonchev–Trinajstić information content (AvgIpc) is 2.73. The molecule has 0 saturated carbocycles. The molecule has 23 heavy (non-hydrogen) atoms. The van der Waals surface area contributed by atoms with Crippen LogP contribution in [0.5, 0.6) is 0 Å². The van der Waals surface area contributed by atoms with Crippen molar-refractivity contribution in [2.75, 3.05) is 19.6 Å². The number of carbonyl (C=O) groups is 3. The van der Waals surface area contributed by atoms with Gasteiger partial charge >= 0.3 is 6.03 Å². The standard InChI is InChI=1S/C16H20BrN3O3/c1-10(2)9-19-16(23)18-6-3-7-20-14(21)12-5-4-11(17)8-13(12)15(20)22/h4-5,8,10H,3,6-7,9H2,1-2H3,(H2,18,19,23). The first-order chi connectivity index (χ1) is 10.9. The summed E-state index contributed by atoms with van der Waals surface area (Å²) in [5.41, 5.74) is 0.854. The van der Waals surface area contributed by atoms with Crippen molar-refractivity contribution in [2.45, 2.75) is 20.3 Å². The molecule has 1 aliphatic rings. The van der Waals surface area contributed by atoms with Crippen LogP contribution in [0.3, 0.4) is 0 Å². The molecule has 2 rings (SSSR count). The Morgan fingerprint density at radius 1 is 1.17 bits per heavy atom. The minimum Gasteiger partial charge on any atom is -0.338 e. The highest BCUT2D eigenvalue weighted by atomic mass is 79.9. The lowest BCUT2D eigenvalue weighted by molar-refractivity contribution is 0.0653. The molecular formula is C16H20BrN3O3. The van der Waals surface area contributed by atoms with Crippen molar-refractivity contribution in [1.29, 1.82) is 0 Å². The van der Waals surface area contributed by atoms with Crippen LogP contribution < -0.4 is 10.6 Å². The summed E-state index contributed by atoms with van der Waals surface area (Å²) in [5.74, 6) is -0.171. The number of carbonyl (C=O) groups excluding carboxylic acids is 3. The van der Waals surface area contributed by atoms with Crippen molar-refractivity contribution in [3.05, 3.63) is 33.8 Å². The summed E-state index contributed by atoms with van der Waals surface area (Å²) in [7, 11) is 0. The number of nitrogens with zero attached hydrogens (tertiary/aromatic N) is 1. The van der Waals surface area contributed by atoms with Gasteiger partial charge in [-0.2, -0.15) is 0 Å². The van der Waals surface area contributed by atoms with Gasteiger partial charge in [0, 0.05) is 24.1 Å². The molecule has 4 amide bonds. The van der Waals surface area contributed by atoms with Crippen LogP contribution in [0.4, 0.5) is 4.79 Å². The maximum Gasteiger partial charge on any atom is 0.314 e. The minimum absolute atomic E-state index is 0.231. The van der Waals surface area contributed by atoms with Crippen LogP contribution >= 0.6 is 15.9 Å². The van der Waals surface area contributed by atoms with Gasteiger partial charge in [-0.15, -0.1) is 0 Å². The van der Waals surface area contributed by atoms with Crippen LogP contribution in [0.2, 0.25) is 0 Å². The van der Waals surface area contributed by atoms with Crippen molar-refractivity contribution < 1.29 is 14.4 Å². The van der Waals surface area contributed by atoms with E-state index < -0.39 is 0 Å². The molecule has 0 fully saturated rings. The van der Waals surface area contributed by atoms with Crippen LogP contribution in [0.1, 0.15) is 41.0 Å². The molecule has 0 saturated heterocycles. The van der Waals surface area contributed by atoms with Gasteiger partial charge in [0.1, 0.15) is 0 Å². The van der Waals surface area contributed by atoms with E-state index in [4.69, 9.17) is 0 Å². The van der Waals surface area contributed by atoms with Crippen molar-refractivity contribution in [3.63, 3.8) is 0 Å². The minimum atomic E-state index is -0.282. The second-order valence-corrected chi connectivity index (χ2v) is 6.75. The molecule has 1 aliphatic heterocycles. The number of imide groups is 1. The monoisotopic (exact) mass is 381 g/mol. The van der Waals surface area contributed by atoms with Gasteiger partial charge in [0.2, 0.25) is 0 Å². The first-order valence-electron chi connectivity index (χ1n) is 7.57. The number of hydrogen-bond donors (Lipinski definition) is 2. The van der Waals surface area contributed by atoms with E-state index in [0.29, 0.717) is 36.6 Å². The van der Waals surface area contributed by atoms with Crippen LogP contribution in [0.15, 0.2) is 22.7 Å². The van der Waals surface area contributed by atoms with E-state index >= 15 is 0 Å². The number of halogens is 1. The van der Waals surface area contributed by atoms with Gasteiger partial charge in [0.05, 0.1) is 11.1 Å². The first-order valence-corrected chi connectivity index (χ1v) is 8.37. The Morgan fingerprint density at radius 2 is 1.87 bits per heavy atom. The van der Waals surface area contributed by atoms with Crippen LogP contribution in [-0.2, 0) is 0 Å². The lowest BCUT2D eigenvalue weighted by Crippen LogP contribution is -2.39. The van der Waals surface area contributed by atoms with Gasteiger partial charge in [-0.3, -0.25) is 14.5 Å². The molecule has 2 N–H and O–H groups in total. The molecule has 0 atom stereocenters. The molecule has 1 heterocycles. The van der Waals surface area contributed by atoms with Gasteiger partial charge in [-0.25, -0.2) is 4.79 Å². The Labute approximate surface area is 143 Å². The molecule has 7 heteroatoms. The molecule has 0 radical (unpaired) electrons. The largest absolute Gasteiger partial charge is 0.338 e. The fraction of sp³-hybridized carbons (Fsp3) is 0.438. The molecule has 6 nitrogen and oxygen atoms in total. The Bertz CT molecular complexity index is 631. The van der Waals surface area contributed by atoms with Gasteiger partial charge < -0.3 is 10.6 Å². The highest BCUT2D eigenvalue weighted by Gasteiger charge is 2.34. The van der Waals surface area contributed by atoms with Gasteiger partial charge in [0.25, 0.3) is 11.8 Å². The maximum absolute atomic E-state index is 12.2. The Kier molecular flexibility index (Phi) is 5.76. The molecule has 1 aromatic rings. The summed E-state index contributed by atoms with van der Waals surface area (Å²) >= 11 is 3.30. The van der Waals surface area contributed by atoms with E-state index in [1.165, 1.54) is 4.90 Å². The Balaban J connectivity index is 1.80. The third-order valence-corrected chi connectivity index (χ3v) is 3.94. The number of fused-ring (bicyclic) bond motifs is 1. The zero-order valence-corrected chi connectivity index (χ0v) is 14.8. The third kappa shape index (κ3) is 4.31. The van der Waals surface area contributed by atoms with Crippen molar-refractivity contribution in [2.24, 2.45) is 5.92 Å². The number of nitrogens with one attached hydrogen (secondary N) is 2. The Hall–Kier alpha value is -1.89. The summed E-state index contributed by atoms with van der Waals surface area (Å²) in [6.07, 6.45) is 0.516. The van der Waals surface area contributed by atoms with E-state index in [-0.39, 0.29) is 24.4 Å². The number of amides is 4. The number of hydrogen-bond acceptors (Lipinski definition) is 3. The van der Waals surface area contributed by atoms with Crippen molar-refractivity contribution >= 4 is 33.8 Å². The quantitative estimate of drug-likeness (QED) is 0.586. The van der Waals surface area contributed by atoms with Crippen LogP contribution in [-0.4, -0.2) is 42.4 Å². The highest BCUT2D eigenvalue weighted by molar-refractivity contribution is 9.10. The van der Waals surface area contributed by atoms with Gasteiger partial charge in [-0.05, 0) is 30.5 Å². The lowest BCUT2D eigenvalue weighted by atomic mass is 10.1. The normalized spacial score (nSPS) is 13.5. The van der Waals surface area contributed by atoms with Crippen LogP contribution in [0, 0.1) is 5.92 Å². The number of benzene rings is 1. The molecule has 0 bridgehead atoms. The maximum atomic E-state index is 12.2. The lowest BCUT2D eigenvalue weighted by Gasteiger charge is -2.14.